The molecule has 1 unspecified atom stereocenters. The summed E-state index contributed by atoms with van der Waals surface area (Å²) in [6, 6.07) is 12.3. The number of amides is 1. The van der Waals surface area contributed by atoms with Crippen molar-refractivity contribution in [1.82, 2.24) is 0 Å². The number of carbonyl (C=O) groups is 2. The zero-order valence-corrected chi connectivity index (χ0v) is 16.4. The second-order valence-electron chi connectivity index (χ2n) is 7.22. The molecule has 152 valence electrons. The Morgan fingerprint density at radius 3 is 2.52 bits per heavy atom. The Morgan fingerprint density at radius 2 is 1.90 bits per heavy atom. The molecule has 0 bridgehead atoms. The summed E-state index contributed by atoms with van der Waals surface area (Å²) in [6.07, 6.45) is 1.45. The number of nitrogens with one attached hydrogen (secondary N) is 1. The molecular formula is C22H25N3O4. The number of nitrogen functional groups attached to an aromatic ring is 1. The predicted molar refractivity (Wildman–Crippen MR) is 111 cm³/mol. The molecule has 1 amide bonds. The first kappa shape index (κ1) is 20.4. The molecule has 7 heteroatoms. The maximum Gasteiger partial charge on any atom is 0.303 e. The van der Waals surface area contributed by atoms with Gasteiger partial charge in [0.2, 0.25) is 0 Å². The summed E-state index contributed by atoms with van der Waals surface area (Å²) in [5, 5.41) is 16.5. The van der Waals surface area contributed by atoms with Gasteiger partial charge in [-0.25, -0.2) is 0 Å². The number of carbonyl (C=O) groups excluding carboxylic acids is 1. The molecule has 0 saturated carbocycles. The van der Waals surface area contributed by atoms with Gasteiger partial charge in [0.1, 0.15) is 11.6 Å². The molecule has 1 aliphatic heterocycles. The highest BCUT2D eigenvalue weighted by Crippen LogP contribution is 2.32. The highest BCUT2D eigenvalue weighted by atomic mass is 16.5. The fourth-order valence-corrected chi connectivity index (χ4v) is 3.51. The van der Waals surface area contributed by atoms with Crippen molar-refractivity contribution in [2.75, 3.05) is 18.1 Å². The number of nitrogens with zero attached hydrogens (tertiary/aromatic N) is 1. The van der Waals surface area contributed by atoms with Crippen molar-refractivity contribution in [1.29, 1.82) is 5.41 Å². The number of benzene rings is 2. The van der Waals surface area contributed by atoms with Crippen LogP contribution < -0.4 is 15.4 Å². The van der Waals surface area contributed by atoms with Gasteiger partial charge in [0.15, 0.2) is 0 Å². The lowest BCUT2D eigenvalue weighted by molar-refractivity contribution is -0.138. The van der Waals surface area contributed by atoms with Crippen LogP contribution in [0.2, 0.25) is 0 Å². The maximum atomic E-state index is 13.1. The Hall–Kier alpha value is -3.35. The van der Waals surface area contributed by atoms with Gasteiger partial charge in [0.25, 0.3) is 5.91 Å². The first-order chi connectivity index (χ1) is 13.9. The van der Waals surface area contributed by atoms with Crippen molar-refractivity contribution in [3.05, 3.63) is 59.2 Å². The van der Waals surface area contributed by atoms with Crippen LogP contribution in [-0.4, -0.2) is 36.0 Å². The van der Waals surface area contributed by atoms with Crippen LogP contribution in [-0.2, 0) is 11.2 Å². The van der Waals surface area contributed by atoms with E-state index in [-0.39, 0.29) is 24.1 Å². The van der Waals surface area contributed by atoms with Crippen LogP contribution in [0.1, 0.15) is 41.3 Å². The summed E-state index contributed by atoms with van der Waals surface area (Å²) in [4.78, 5) is 25.9. The molecule has 1 atom stereocenters. The van der Waals surface area contributed by atoms with Crippen LogP contribution >= 0.6 is 0 Å². The van der Waals surface area contributed by atoms with Gasteiger partial charge < -0.3 is 20.5 Å². The number of amidine groups is 1. The fourth-order valence-electron chi connectivity index (χ4n) is 3.51. The number of hydrogen-bond acceptors (Lipinski definition) is 4. The third-order valence-corrected chi connectivity index (χ3v) is 4.94. The largest absolute Gasteiger partial charge is 0.493 e. The molecule has 0 aromatic heterocycles. The Labute approximate surface area is 169 Å². The highest BCUT2D eigenvalue weighted by molar-refractivity contribution is 6.06. The maximum absolute atomic E-state index is 13.1. The lowest BCUT2D eigenvalue weighted by Crippen LogP contribution is -2.32. The van der Waals surface area contributed by atoms with Crippen LogP contribution in [0, 0.1) is 11.3 Å². The summed E-state index contributed by atoms with van der Waals surface area (Å²) < 4.78 is 5.71. The van der Waals surface area contributed by atoms with E-state index in [1.54, 1.807) is 29.2 Å². The first-order valence-electron chi connectivity index (χ1n) is 9.63. The SMILES string of the molecule is CCCN(C(=O)c1ccc(C(=N)N)cc1)c1ccc2c(c1)CC(CC(=O)O)CO2. The number of carboxylic acids is 1. The molecule has 0 fully saturated rings. The van der Waals surface area contributed by atoms with Crippen LogP contribution in [0.15, 0.2) is 42.5 Å². The number of nitrogens with two attached hydrogens (primary N) is 1. The predicted octanol–water partition coefficient (Wildman–Crippen LogP) is 3.05. The van der Waals surface area contributed by atoms with Crippen molar-refractivity contribution in [2.45, 2.75) is 26.2 Å². The van der Waals surface area contributed by atoms with Gasteiger partial charge in [-0.3, -0.25) is 15.0 Å². The smallest absolute Gasteiger partial charge is 0.303 e. The number of ether oxygens (including phenoxy) is 1. The minimum absolute atomic E-state index is 0.0417. The molecular weight excluding hydrogens is 370 g/mol. The number of carboxylic acid groups (broad SMARTS) is 1. The second-order valence-corrected chi connectivity index (χ2v) is 7.22. The Morgan fingerprint density at radius 1 is 1.21 bits per heavy atom. The zero-order valence-electron chi connectivity index (χ0n) is 16.4. The van der Waals surface area contributed by atoms with E-state index in [9.17, 15) is 9.59 Å². The molecule has 2 aromatic carbocycles. The van der Waals surface area contributed by atoms with E-state index >= 15 is 0 Å². The topological polar surface area (TPSA) is 117 Å². The average Bonchev–Trinajstić information content (AvgIpc) is 2.70. The molecule has 3 rings (SSSR count). The van der Waals surface area contributed by atoms with Crippen LogP contribution in [0.25, 0.3) is 0 Å². The third-order valence-electron chi connectivity index (χ3n) is 4.94. The quantitative estimate of drug-likeness (QED) is 0.492. The van der Waals surface area contributed by atoms with Gasteiger partial charge in [0, 0.05) is 29.3 Å². The molecule has 0 radical (unpaired) electrons. The molecule has 29 heavy (non-hydrogen) atoms. The third kappa shape index (κ3) is 4.74. The minimum Gasteiger partial charge on any atom is -0.493 e. The Kier molecular flexibility index (Phi) is 6.16. The monoisotopic (exact) mass is 395 g/mol. The summed E-state index contributed by atoms with van der Waals surface area (Å²) >= 11 is 0. The molecule has 1 heterocycles. The number of rotatable bonds is 7. The van der Waals surface area contributed by atoms with E-state index in [0.29, 0.717) is 30.7 Å². The van der Waals surface area contributed by atoms with Crippen LogP contribution in [0.4, 0.5) is 5.69 Å². The van der Waals surface area contributed by atoms with Crippen LogP contribution in [0.5, 0.6) is 5.75 Å². The normalized spacial score (nSPS) is 15.1. The van der Waals surface area contributed by atoms with Gasteiger partial charge in [-0.05, 0) is 48.7 Å². The van der Waals surface area contributed by atoms with E-state index in [2.05, 4.69) is 0 Å². The molecule has 7 nitrogen and oxygen atoms in total. The van der Waals surface area contributed by atoms with E-state index in [4.69, 9.17) is 21.0 Å². The molecule has 4 N–H and O–H groups in total. The molecule has 0 spiro atoms. The standard InChI is InChI=1S/C22H25N3O4/c1-2-9-25(22(28)16-5-3-15(4-6-16)21(23)24)18-7-8-19-17(12-18)10-14(13-29-19)11-20(26)27/h3-8,12,14H,2,9-11,13H2,1H3,(H3,23,24)(H,26,27). The number of hydrogen-bond donors (Lipinski definition) is 3. The fraction of sp³-hybridized carbons (Fsp3) is 0.318. The van der Waals surface area contributed by atoms with Crippen molar-refractivity contribution < 1.29 is 19.4 Å². The lowest BCUT2D eigenvalue weighted by Gasteiger charge is -2.27. The van der Waals surface area contributed by atoms with Gasteiger partial charge in [-0.2, -0.15) is 0 Å². The van der Waals surface area contributed by atoms with E-state index in [0.717, 1.165) is 23.4 Å². The summed E-state index contributed by atoms with van der Waals surface area (Å²) in [6.45, 7) is 2.94. The summed E-state index contributed by atoms with van der Waals surface area (Å²) in [5.74, 6) is -0.356. The van der Waals surface area contributed by atoms with Crippen molar-refractivity contribution in [3.63, 3.8) is 0 Å². The number of anilines is 1. The minimum atomic E-state index is -0.838. The number of aliphatic carboxylic acids is 1. The average molecular weight is 395 g/mol. The van der Waals surface area contributed by atoms with Crippen molar-refractivity contribution in [2.24, 2.45) is 11.7 Å². The van der Waals surface area contributed by atoms with Crippen molar-refractivity contribution >= 4 is 23.4 Å². The highest BCUT2D eigenvalue weighted by Gasteiger charge is 2.24. The van der Waals surface area contributed by atoms with Crippen LogP contribution in [0.3, 0.4) is 0 Å². The van der Waals surface area contributed by atoms with E-state index in [1.807, 2.05) is 25.1 Å². The summed E-state index contributed by atoms with van der Waals surface area (Å²) in [7, 11) is 0. The first-order valence-corrected chi connectivity index (χ1v) is 9.63. The molecule has 1 aliphatic rings. The zero-order chi connectivity index (χ0) is 21.0. The Bertz CT molecular complexity index is 924. The lowest BCUT2D eigenvalue weighted by atomic mass is 9.93. The van der Waals surface area contributed by atoms with E-state index in [1.165, 1.54) is 0 Å². The van der Waals surface area contributed by atoms with E-state index < -0.39 is 5.97 Å². The van der Waals surface area contributed by atoms with Crippen molar-refractivity contribution in [3.8, 4) is 5.75 Å². The molecule has 0 saturated heterocycles. The summed E-state index contributed by atoms with van der Waals surface area (Å²) in [5.41, 5.74) is 8.24. The molecule has 0 aliphatic carbocycles. The van der Waals surface area contributed by atoms with Gasteiger partial charge in [-0.15, -0.1) is 0 Å². The number of fused-ring (bicyclic) bond motifs is 1. The van der Waals surface area contributed by atoms with Gasteiger partial charge in [-0.1, -0.05) is 19.1 Å². The second kappa shape index (κ2) is 8.77. The van der Waals surface area contributed by atoms with Gasteiger partial charge >= 0.3 is 5.97 Å². The van der Waals surface area contributed by atoms with Gasteiger partial charge in [0.05, 0.1) is 13.0 Å². The molecule has 2 aromatic rings. The Balaban J connectivity index is 1.86.